The molecule has 1 saturated carbocycles. The van der Waals surface area contributed by atoms with Gasteiger partial charge in [-0.25, -0.2) is 5.48 Å². The van der Waals surface area contributed by atoms with Crippen LogP contribution in [-0.4, -0.2) is 22.9 Å². The zero-order chi connectivity index (χ0) is 15.0. The molecule has 1 rings (SSSR count). The molecule has 5 heteroatoms. The Morgan fingerprint density at radius 2 is 1.90 bits per heavy atom. The topological polar surface area (TPSA) is 78.4 Å². The molecule has 1 aliphatic rings. The van der Waals surface area contributed by atoms with Crippen molar-refractivity contribution in [2.24, 2.45) is 5.92 Å². The van der Waals surface area contributed by atoms with E-state index in [1.165, 1.54) is 6.92 Å². The van der Waals surface area contributed by atoms with Crippen LogP contribution >= 0.6 is 0 Å². The standard InChI is InChI=1S/C15H24N2O3/c1-3-13(6-4-5-11(2)18)16-15(19)12-7-9-14(17-20)10-8-12/h3-4,6,12,14,17,20H,5,7-10H2,1-2H3,(H,16,19)/b6-4-,13-3+. The summed E-state index contributed by atoms with van der Waals surface area (Å²) in [6, 6.07) is 0.107. The lowest BCUT2D eigenvalue weighted by Crippen LogP contribution is -2.37. The monoisotopic (exact) mass is 280 g/mol. The predicted molar refractivity (Wildman–Crippen MR) is 77.0 cm³/mol. The molecule has 0 aromatic carbocycles. The molecule has 0 aliphatic heterocycles. The highest BCUT2D eigenvalue weighted by molar-refractivity contribution is 5.81. The first-order valence-electron chi connectivity index (χ1n) is 7.09. The van der Waals surface area contributed by atoms with Gasteiger partial charge in [0.2, 0.25) is 5.91 Å². The summed E-state index contributed by atoms with van der Waals surface area (Å²) < 4.78 is 0. The maximum Gasteiger partial charge on any atom is 0.227 e. The van der Waals surface area contributed by atoms with Crippen molar-refractivity contribution in [3.63, 3.8) is 0 Å². The number of nitrogens with one attached hydrogen (secondary N) is 2. The van der Waals surface area contributed by atoms with E-state index < -0.39 is 0 Å². The van der Waals surface area contributed by atoms with Gasteiger partial charge >= 0.3 is 0 Å². The van der Waals surface area contributed by atoms with Crippen LogP contribution in [-0.2, 0) is 9.59 Å². The largest absolute Gasteiger partial charge is 0.326 e. The molecule has 0 spiro atoms. The second-order valence-corrected chi connectivity index (χ2v) is 5.22. The van der Waals surface area contributed by atoms with Crippen LogP contribution in [0.3, 0.4) is 0 Å². The molecule has 0 bridgehead atoms. The van der Waals surface area contributed by atoms with Crippen LogP contribution in [0.1, 0.15) is 46.0 Å². The first-order valence-corrected chi connectivity index (χ1v) is 7.09. The minimum atomic E-state index is -0.00393. The fourth-order valence-corrected chi connectivity index (χ4v) is 2.29. The van der Waals surface area contributed by atoms with Crippen LogP contribution in [0.5, 0.6) is 0 Å². The maximum absolute atomic E-state index is 12.1. The maximum atomic E-state index is 12.1. The second-order valence-electron chi connectivity index (χ2n) is 5.22. The summed E-state index contributed by atoms with van der Waals surface area (Å²) in [7, 11) is 0. The van der Waals surface area contributed by atoms with Crippen molar-refractivity contribution in [2.75, 3.05) is 0 Å². The number of rotatable bonds is 6. The quantitative estimate of drug-likeness (QED) is 0.514. The van der Waals surface area contributed by atoms with Gasteiger partial charge in [0, 0.05) is 24.1 Å². The van der Waals surface area contributed by atoms with Gasteiger partial charge in [0.1, 0.15) is 5.78 Å². The van der Waals surface area contributed by atoms with Crippen LogP contribution in [0.25, 0.3) is 0 Å². The van der Waals surface area contributed by atoms with Gasteiger partial charge in [-0.1, -0.05) is 12.2 Å². The Morgan fingerprint density at radius 1 is 1.25 bits per heavy atom. The number of hydroxylamine groups is 1. The predicted octanol–water partition coefficient (Wildman–Crippen LogP) is 2.08. The molecule has 0 saturated heterocycles. The average molecular weight is 280 g/mol. The summed E-state index contributed by atoms with van der Waals surface area (Å²) in [6.45, 7) is 3.38. The molecule has 1 fully saturated rings. The third-order valence-corrected chi connectivity index (χ3v) is 3.56. The molecule has 1 amide bonds. The Morgan fingerprint density at radius 3 is 2.40 bits per heavy atom. The molecule has 0 aromatic heterocycles. The number of amides is 1. The summed E-state index contributed by atoms with van der Waals surface area (Å²) in [5, 5.41) is 11.7. The first kappa shape index (κ1) is 16.6. The fraction of sp³-hybridized carbons (Fsp3) is 0.600. The average Bonchev–Trinajstić information content (AvgIpc) is 2.45. The number of allylic oxidation sites excluding steroid dienone is 3. The number of Topliss-reactive ketones (excluding diaryl/α,β-unsaturated/α-hetero) is 1. The molecule has 0 radical (unpaired) electrons. The van der Waals surface area contributed by atoms with Crippen molar-refractivity contribution >= 4 is 11.7 Å². The Bertz CT molecular complexity index is 394. The molecular weight excluding hydrogens is 256 g/mol. The lowest BCUT2D eigenvalue weighted by atomic mass is 9.86. The van der Waals surface area contributed by atoms with Gasteiger partial charge in [-0.3, -0.25) is 9.59 Å². The van der Waals surface area contributed by atoms with E-state index in [-0.39, 0.29) is 23.7 Å². The normalized spacial score (nSPS) is 23.9. The third-order valence-electron chi connectivity index (χ3n) is 3.56. The molecule has 0 heterocycles. The minimum Gasteiger partial charge on any atom is -0.326 e. The van der Waals surface area contributed by atoms with E-state index in [9.17, 15) is 9.59 Å². The van der Waals surface area contributed by atoms with Crippen LogP contribution in [0.15, 0.2) is 23.9 Å². The number of carbonyl (C=O) groups is 2. The van der Waals surface area contributed by atoms with Crippen molar-refractivity contribution in [1.82, 2.24) is 10.8 Å². The molecule has 20 heavy (non-hydrogen) atoms. The van der Waals surface area contributed by atoms with Crippen molar-refractivity contribution in [1.29, 1.82) is 0 Å². The first-order chi connectivity index (χ1) is 9.56. The van der Waals surface area contributed by atoms with Gasteiger partial charge in [0.15, 0.2) is 0 Å². The van der Waals surface area contributed by atoms with E-state index >= 15 is 0 Å². The summed E-state index contributed by atoms with van der Waals surface area (Å²) >= 11 is 0. The van der Waals surface area contributed by atoms with Gasteiger partial charge in [-0.2, -0.15) is 0 Å². The highest BCUT2D eigenvalue weighted by Gasteiger charge is 2.25. The van der Waals surface area contributed by atoms with Gasteiger partial charge in [0.25, 0.3) is 0 Å². The summed E-state index contributed by atoms with van der Waals surface area (Å²) in [5.74, 6) is 0.107. The molecule has 112 valence electrons. The van der Waals surface area contributed by atoms with Gasteiger partial charge in [-0.05, 0) is 45.6 Å². The molecule has 0 aromatic rings. The van der Waals surface area contributed by atoms with Gasteiger partial charge in [0.05, 0.1) is 0 Å². The van der Waals surface area contributed by atoms with E-state index in [1.807, 2.05) is 13.0 Å². The summed E-state index contributed by atoms with van der Waals surface area (Å²) in [5.41, 5.74) is 2.99. The van der Waals surface area contributed by atoms with E-state index in [0.29, 0.717) is 6.42 Å². The number of hydrogen-bond acceptors (Lipinski definition) is 4. The summed E-state index contributed by atoms with van der Waals surface area (Å²) in [4.78, 5) is 23.0. The molecule has 5 nitrogen and oxygen atoms in total. The Hall–Kier alpha value is -1.46. The third kappa shape index (κ3) is 5.67. The SMILES string of the molecule is C/C=C(\C=C/CC(C)=O)NC(=O)C1CCC(NO)CC1. The van der Waals surface area contributed by atoms with E-state index in [1.54, 1.807) is 12.2 Å². The molecular formula is C15H24N2O3. The highest BCUT2D eigenvalue weighted by atomic mass is 16.5. The zero-order valence-corrected chi connectivity index (χ0v) is 12.2. The van der Waals surface area contributed by atoms with E-state index in [0.717, 1.165) is 31.4 Å². The van der Waals surface area contributed by atoms with Crippen molar-refractivity contribution in [2.45, 2.75) is 52.0 Å². The summed E-state index contributed by atoms with van der Waals surface area (Å²) in [6.07, 6.45) is 8.87. The number of ketones is 1. The van der Waals surface area contributed by atoms with Crippen molar-refractivity contribution < 1.29 is 14.8 Å². The fourth-order valence-electron chi connectivity index (χ4n) is 2.29. The number of carbonyl (C=O) groups excluding carboxylic acids is 2. The second kappa shape index (κ2) is 8.66. The Labute approximate surface area is 120 Å². The van der Waals surface area contributed by atoms with Crippen LogP contribution in [0.2, 0.25) is 0 Å². The van der Waals surface area contributed by atoms with Crippen molar-refractivity contribution in [3.05, 3.63) is 23.9 Å². The highest BCUT2D eigenvalue weighted by Crippen LogP contribution is 2.24. The molecule has 0 unspecified atom stereocenters. The molecule has 3 N–H and O–H groups in total. The molecule has 0 atom stereocenters. The van der Waals surface area contributed by atoms with Gasteiger partial charge < -0.3 is 10.5 Å². The minimum absolute atomic E-state index is 0.00393. The van der Waals surface area contributed by atoms with Crippen LogP contribution in [0.4, 0.5) is 0 Å². The van der Waals surface area contributed by atoms with Crippen molar-refractivity contribution in [3.8, 4) is 0 Å². The zero-order valence-electron chi connectivity index (χ0n) is 12.2. The Balaban J connectivity index is 2.44. The van der Waals surface area contributed by atoms with Gasteiger partial charge in [-0.15, -0.1) is 0 Å². The van der Waals surface area contributed by atoms with E-state index in [4.69, 9.17) is 5.21 Å². The Kier molecular flexibility index (Phi) is 7.18. The van der Waals surface area contributed by atoms with E-state index in [2.05, 4.69) is 10.8 Å². The molecule has 1 aliphatic carbocycles. The lowest BCUT2D eigenvalue weighted by molar-refractivity contribution is -0.125. The smallest absolute Gasteiger partial charge is 0.227 e. The van der Waals surface area contributed by atoms with Crippen LogP contribution in [0, 0.1) is 5.92 Å². The number of hydrogen-bond donors (Lipinski definition) is 3. The lowest BCUT2D eigenvalue weighted by Gasteiger charge is -2.26. The van der Waals surface area contributed by atoms with Crippen LogP contribution < -0.4 is 10.8 Å².